The number of H-pyrrole nitrogens is 1. The van der Waals surface area contributed by atoms with Crippen LogP contribution in [0.15, 0.2) is 24.4 Å². The highest BCUT2D eigenvalue weighted by molar-refractivity contribution is 5.84. The zero-order chi connectivity index (χ0) is 10.7. The van der Waals surface area contributed by atoms with Gasteiger partial charge in [-0.15, -0.1) is 0 Å². The number of aliphatic hydroxyl groups excluding tert-OH is 1. The Bertz CT molecular complexity index is 448. The summed E-state index contributed by atoms with van der Waals surface area (Å²) in [6.07, 6.45) is 2.63. The summed E-state index contributed by atoms with van der Waals surface area (Å²) in [5.41, 5.74) is 2.21. The van der Waals surface area contributed by atoms with Crippen molar-refractivity contribution in [3.05, 3.63) is 30.0 Å². The molecule has 0 amide bonds. The van der Waals surface area contributed by atoms with Gasteiger partial charge in [-0.3, -0.25) is 0 Å². The van der Waals surface area contributed by atoms with Crippen LogP contribution in [-0.2, 0) is 6.42 Å². The van der Waals surface area contributed by atoms with Gasteiger partial charge >= 0.3 is 0 Å². The number of hydrogen-bond donors (Lipinski definition) is 2. The van der Waals surface area contributed by atoms with E-state index in [0.717, 1.165) is 22.2 Å². The summed E-state index contributed by atoms with van der Waals surface area (Å²) >= 11 is 0. The third-order valence-electron chi connectivity index (χ3n) is 2.43. The topological polar surface area (TPSA) is 45.2 Å². The van der Waals surface area contributed by atoms with E-state index in [1.807, 2.05) is 31.3 Å². The number of aromatic amines is 1. The highest BCUT2D eigenvalue weighted by Crippen LogP contribution is 2.23. The Morgan fingerprint density at radius 1 is 1.40 bits per heavy atom. The lowest BCUT2D eigenvalue weighted by atomic mass is 10.1. The number of nitrogens with one attached hydrogen (secondary N) is 1. The normalized spacial score (nSPS) is 10.8. The average Bonchev–Trinajstić information content (AvgIpc) is 2.62. The fraction of sp³-hybridized carbons (Fsp3) is 0.333. The number of ether oxygens (including phenoxy) is 1. The summed E-state index contributed by atoms with van der Waals surface area (Å²) < 4.78 is 5.41. The quantitative estimate of drug-likeness (QED) is 0.802. The molecule has 0 atom stereocenters. The molecule has 3 nitrogen and oxygen atoms in total. The lowest BCUT2D eigenvalue weighted by Gasteiger charge is -2.02. The molecule has 1 aromatic carbocycles. The van der Waals surface area contributed by atoms with Crippen LogP contribution in [0.5, 0.6) is 5.75 Å². The first-order chi connectivity index (χ1) is 7.35. The van der Waals surface area contributed by atoms with Gasteiger partial charge in [0.1, 0.15) is 5.75 Å². The van der Waals surface area contributed by atoms with Crippen LogP contribution in [0.2, 0.25) is 0 Å². The minimum absolute atomic E-state index is 0.181. The van der Waals surface area contributed by atoms with E-state index in [1.165, 1.54) is 0 Å². The number of fused-ring (bicyclic) bond motifs is 1. The molecule has 0 aliphatic carbocycles. The van der Waals surface area contributed by atoms with Crippen molar-refractivity contribution in [3.63, 3.8) is 0 Å². The average molecular weight is 205 g/mol. The largest absolute Gasteiger partial charge is 0.494 e. The molecule has 0 saturated carbocycles. The Morgan fingerprint density at radius 2 is 2.27 bits per heavy atom. The molecule has 1 heterocycles. The second-order valence-corrected chi connectivity index (χ2v) is 3.43. The maximum atomic E-state index is 8.90. The van der Waals surface area contributed by atoms with Gasteiger partial charge < -0.3 is 14.8 Å². The summed E-state index contributed by atoms with van der Waals surface area (Å²) in [5.74, 6) is 0.877. The smallest absolute Gasteiger partial charge is 0.121 e. The third kappa shape index (κ3) is 1.97. The van der Waals surface area contributed by atoms with E-state index in [1.54, 1.807) is 0 Å². The van der Waals surface area contributed by atoms with E-state index >= 15 is 0 Å². The molecule has 0 bridgehead atoms. The van der Waals surface area contributed by atoms with Crippen LogP contribution in [0.3, 0.4) is 0 Å². The molecule has 0 aliphatic heterocycles. The maximum absolute atomic E-state index is 8.90. The minimum Gasteiger partial charge on any atom is -0.494 e. The van der Waals surface area contributed by atoms with Crippen LogP contribution in [-0.4, -0.2) is 23.3 Å². The minimum atomic E-state index is 0.181. The van der Waals surface area contributed by atoms with E-state index in [9.17, 15) is 0 Å². The van der Waals surface area contributed by atoms with Gasteiger partial charge in [-0.2, -0.15) is 0 Å². The van der Waals surface area contributed by atoms with Gasteiger partial charge in [0.2, 0.25) is 0 Å². The molecule has 2 N–H and O–H groups in total. The molecule has 0 aliphatic rings. The fourth-order valence-corrected chi connectivity index (χ4v) is 1.75. The molecule has 0 fully saturated rings. The molecular weight excluding hydrogens is 190 g/mol. The lowest BCUT2D eigenvalue weighted by Crippen LogP contribution is -1.91. The predicted molar refractivity (Wildman–Crippen MR) is 60.3 cm³/mol. The van der Waals surface area contributed by atoms with Crippen LogP contribution in [0, 0.1) is 0 Å². The first kappa shape index (κ1) is 10.1. The molecule has 15 heavy (non-hydrogen) atoms. The maximum Gasteiger partial charge on any atom is 0.121 e. The predicted octanol–water partition coefficient (Wildman–Crippen LogP) is 2.10. The van der Waals surface area contributed by atoms with Gasteiger partial charge in [-0.25, -0.2) is 0 Å². The molecule has 0 radical (unpaired) electrons. The third-order valence-corrected chi connectivity index (χ3v) is 2.43. The molecule has 3 heteroatoms. The van der Waals surface area contributed by atoms with Crippen molar-refractivity contribution in [2.45, 2.75) is 13.3 Å². The van der Waals surface area contributed by atoms with Gasteiger partial charge in [0.25, 0.3) is 0 Å². The monoisotopic (exact) mass is 205 g/mol. The Kier molecular flexibility index (Phi) is 2.92. The Hall–Kier alpha value is -1.48. The van der Waals surface area contributed by atoms with Crippen molar-refractivity contribution in [2.24, 2.45) is 0 Å². The molecular formula is C12H15NO2. The molecule has 2 aromatic rings. The zero-order valence-electron chi connectivity index (χ0n) is 8.79. The van der Waals surface area contributed by atoms with E-state index < -0.39 is 0 Å². The number of hydrogen-bond acceptors (Lipinski definition) is 2. The molecule has 80 valence electrons. The van der Waals surface area contributed by atoms with Crippen LogP contribution < -0.4 is 4.74 Å². The molecule has 0 unspecified atom stereocenters. The van der Waals surface area contributed by atoms with Crippen molar-refractivity contribution in [1.82, 2.24) is 4.98 Å². The van der Waals surface area contributed by atoms with Crippen LogP contribution in [0.4, 0.5) is 0 Å². The highest BCUT2D eigenvalue weighted by atomic mass is 16.5. The van der Waals surface area contributed by atoms with Crippen LogP contribution >= 0.6 is 0 Å². The zero-order valence-corrected chi connectivity index (χ0v) is 8.79. The molecule has 1 aromatic heterocycles. The Morgan fingerprint density at radius 3 is 3.00 bits per heavy atom. The second kappa shape index (κ2) is 4.36. The van der Waals surface area contributed by atoms with Crippen LogP contribution in [0.25, 0.3) is 10.9 Å². The summed E-state index contributed by atoms with van der Waals surface area (Å²) in [7, 11) is 0. The first-order valence-corrected chi connectivity index (χ1v) is 5.19. The van der Waals surface area contributed by atoms with Gasteiger partial charge in [0, 0.05) is 29.8 Å². The van der Waals surface area contributed by atoms with Gasteiger partial charge in [0.15, 0.2) is 0 Å². The van der Waals surface area contributed by atoms with E-state index in [-0.39, 0.29) is 6.61 Å². The van der Waals surface area contributed by atoms with E-state index in [2.05, 4.69) is 4.98 Å². The summed E-state index contributed by atoms with van der Waals surface area (Å²) in [4.78, 5) is 3.18. The Labute approximate surface area is 88.7 Å². The first-order valence-electron chi connectivity index (χ1n) is 5.19. The SMILES string of the molecule is CCOc1ccc2c(CCO)c[nH]c2c1. The summed E-state index contributed by atoms with van der Waals surface area (Å²) in [6, 6.07) is 5.97. The van der Waals surface area contributed by atoms with E-state index in [4.69, 9.17) is 9.84 Å². The van der Waals surface area contributed by atoms with Gasteiger partial charge in [-0.05, 0) is 31.0 Å². The number of benzene rings is 1. The summed E-state index contributed by atoms with van der Waals surface area (Å²) in [6.45, 7) is 2.83. The number of aliphatic hydroxyl groups is 1. The van der Waals surface area contributed by atoms with E-state index in [0.29, 0.717) is 13.0 Å². The van der Waals surface area contributed by atoms with Crippen molar-refractivity contribution in [1.29, 1.82) is 0 Å². The lowest BCUT2D eigenvalue weighted by molar-refractivity contribution is 0.300. The Balaban J connectivity index is 2.38. The standard InChI is InChI=1S/C12H15NO2/c1-2-15-10-3-4-11-9(5-6-14)8-13-12(11)7-10/h3-4,7-8,13-14H,2,5-6H2,1H3. The second-order valence-electron chi connectivity index (χ2n) is 3.43. The molecule has 0 spiro atoms. The van der Waals surface area contributed by atoms with Gasteiger partial charge in [-0.1, -0.05) is 0 Å². The van der Waals surface area contributed by atoms with Crippen molar-refractivity contribution in [3.8, 4) is 5.75 Å². The van der Waals surface area contributed by atoms with Crippen LogP contribution in [0.1, 0.15) is 12.5 Å². The fourth-order valence-electron chi connectivity index (χ4n) is 1.75. The molecule has 0 saturated heterocycles. The van der Waals surface area contributed by atoms with Crippen molar-refractivity contribution >= 4 is 10.9 Å². The number of aromatic nitrogens is 1. The number of rotatable bonds is 4. The van der Waals surface area contributed by atoms with Crippen molar-refractivity contribution in [2.75, 3.05) is 13.2 Å². The molecule has 2 rings (SSSR count). The van der Waals surface area contributed by atoms with Gasteiger partial charge in [0.05, 0.1) is 6.61 Å². The highest BCUT2D eigenvalue weighted by Gasteiger charge is 2.03. The van der Waals surface area contributed by atoms with Crippen molar-refractivity contribution < 1.29 is 9.84 Å². The summed E-state index contributed by atoms with van der Waals surface area (Å²) in [5, 5.41) is 10.1.